The molecule has 0 radical (unpaired) electrons. The van der Waals surface area contributed by atoms with Crippen molar-refractivity contribution >= 4 is 11.8 Å². The van der Waals surface area contributed by atoms with E-state index < -0.39 is 0 Å². The normalized spacial score (nSPS) is 14.6. The molecule has 2 aromatic rings. The Morgan fingerprint density at radius 3 is 2.80 bits per heavy atom. The molecule has 1 aromatic heterocycles. The van der Waals surface area contributed by atoms with Gasteiger partial charge in [0.2, 0.25) is 5.95 Å². The van der Waals surface area contributed by atoms with Crippen LogP contribution < -0.4 is 16.2 Å². The summed E-state index contributed by atoms with van der Waals surface area (Å²) in [6.07, 6.45) is 2.25. The highest BCUT2D eigenvalue weighted by Gasteiger charge is 2.16. The molecule has 5 nitrogen and oxygen atoms in total. The fourth-order valence-corrected chi connectivity index (χ4v) is 2.67. The molecule has 3 rings (SSSR count). The molecule has 2 heterocycles. The second-order valence-corrected chi connectivity index (χ2v) is 5.13. The van der Waals surface area contributed by atoms with E-state index in [1.165, 1.54) is 11.1 Å². The van der Waals surface area contributed by atoms with Gasteiger partial charge < -0.3 is 4.90 Å². The van der Waals surface area contributed by atoms with Crippen LogP contribution in [0.5, 0.6) is 0 Å². The van der Waals surface area contributed by atoms with Crippen molar-refractivity contribution in [1.82, 2.24) is 9.97 Å². The molecule has 0 aliphatic carbocycles. The van der Waals surface area contributed by atoms with E-state index in [1.54, 1.807) is 0 Å². The molecule has 104 valence electrons. The summed E-state index contributed by atoms with van der Waals surface area (Å²) in [7, 11) is 0. The van der Waals surface area contributed by atoms with Gasteiger partial charge in [-0.3, -0.25) is 5.43 Å². The zero-order chi connectivity index (χ0) is 13.9. The van der Waals surface area contributed by atoms with Gasteiger partial charge in [-0.25, -0.2) is 10.8 Å². The summed E-state index contributed by atoms with van der Waals surface area (Å²) in [5.74, 6) is 6.83. The molecule has 0 saturated carbocycles. The van der Waals surface area contributed by atoms with Gasteiger partial charge in [0.05, 0.1) is 0 Å². The van der Waals surface area contributed by atoms with E-state index in [4.69, 9.17) is 5.84 Å². The predicted octanol–water partition coefficient (Wildman–Crippen LogP) is 2.02. The van der Waals surface area contributed by atoms with E-state index in [-0.39, 0.29) is 0 Å². The number of aromatic nitrogens is 2. The number of fused-ring (bicyclic) bond motifs is 1. The molecule has 1 aliphatic heterocycles. The van der Waals surface area contributed by atoms with Crippen LogP contribution in [0.2, 0.25) is 0 Å². The molecule has 0 atom stereocenters. The van der Waals surface area contributed by atoms with Gasteiger partial charge >= 0.3 is 0 Å². The van der Waals surface area contributed by atoms with Crippen molar-refractivity contribution in [2.75, 3.05) is 16.9 Å². The number of hydrogen-bond acceptors (Lipinski definition) is 5. The van der Waals surface area contributed by atoms with Gasteiger partial charge in [-0.1, -0.05) is 24.3 Å². The number of anilines is 2. The zero-order valence-electron chi connectivity index (χ0n) is 11.6. The minimum Gasteiger partial charge on any atom is -0.352 e. The first-order chi connectivity index (χ1) is 9.76. The molecule has 3 N–H and O–H groups in total. The minimum absolute atomic E-state index is 0.470. The van der Waals surface area contributed by atoms with Crippen molar-refractivity contribution in [3.63, 3.8) is 0 Å². The molecule has 0 unspecified atom stereocenters. The number of nitrogens with zero attached hydrogens (tertiary/aromatic N) is 3. The highest BCUT2D eigenvalue weighted by Crippen LogP contribution is 2.23. The minimum atomic E-state index is 0.470. The summed E-state index contributed by atoms with van der Waals surface area (Å²) >= 11 is 0. The largest absolute Gasteiger partial charge is 0.352 e. The standard InChI is InChI=1S/C15H19N5/c1-11-9-14(18-15(17-11)19-16)20-8-4-7-12-5-2-3-6-13(12)10-20/h2-3,5-6,9H,4,7-8,10,16H2,1H3,(H,17,18,19). The third-order valence-corrected chi connectivity index (χ3v) is 3.65. The van der Waals surface area contributed by atoms with Gasteiger partial charge in [0.1, 0.15) is 5.82 Å². The van der Waals surface area contributed by atoms with Crippen molar-refractivity contribution in [2.24, 2.45) is 5.84 Å². The Hall–Kier alpha value is -2.14. The smallest absolute Gasteiger partial charge is 0.239 e. The number of rotatable bonds is 2. The van der Waals surface area contributed by atoms with Crippen LogP contribution in [-0.2, 0) is 13.0 Å². The summed E-state index contributed by atoms with van der Waals surface area (Å²) in [6.45, 7) is 3.84. The summed E-state index contributed by atoms with van der Waals surface area (Å²) in [5.41, 5.74) is 6.27. The van der Waals surface area contributed by atoms with Gasteiger partial charge in [0.25, 0.3) is 0 Å². The second-order valence-electron chi connectivity index (χ2n) is 5.13. The van der Waals surface area contributed by atoms with Crippen LogP contribution in [0, 0.1) is 6.92 Å². The molecule has 0 saturated heterocycles. The molecular weight excluding hydrogens is 250 g/mol. The van der Waals surface area contributed by atoms with E-state index in [1.807, 2.05) is 13.0 Å². The molecule has 0 fully saturated rings. The Morgan fingerprint density at radius 1 is 1.20 bits per heavy atom. The predicted molar refractivity (Wildman–Crippen MR) is 80.4 cm³/mol. The van der Waals surface area contributed by atoms with Gasteiger partial charge in [0, 0.05) is 24.8 Å². The van der Waals surface area contributed by atoms with Crippen LogP contribution in [0.25, 0.3) is 0 Å². The molecule has 5 heteroatoms. The van der Waals surface area contributed by atoms with E-state index in [0.717, 1.165) is 37.4 Å². The van der Waals surface area contributed by atoms with E-state index in [2.05, 4.69) is 44.6 Å². The number of benzene rings is 1. The Labute approximate surface area is 118 Å². The van der Waals surface area contributed by atoms with Crippen LogP contribution in [0.15, 0.2) is 30.3 Å². The monoisotopic (exact) mass is 269 g/mol. The second kappa shape index (κ2) is 5.46. The van der Waals surface area contributed by atoms with Crippen molar-refractivity contribution in [3.8, 4) is 0 Å². The maximum absolute atomic E-state index is 5.43. The van der Waals surface area contributed by atoms with Crippen molar-refractivity contribution in [1.29, 1.82) is 0 Å². The van der Waals surface area contributed by atoms with Crippen LogP contribution in [-0.4, -0.2) is 16.5 Å². The van der Waals surface area contributed by atoms with Crippen molar-refractivity contribution < 1.29 is 0 Å². The van der Waals surface area contributed by atoms with Gasteiger partial charge in [-0.15, -0.1) is 0 Å². The third-order valence-electron chi connectivity index (χ3n) is 3.65. The van der Waals surface area contributed by atoms with Crippen molar-refractivity contribution in [3.05, 3.63) is 47.2 Å². The maximum Gasteiger partial charge on any atom is 0.239 e. The number of aryl methyl sites for hydroxylation is 2. The lowest BCUT2D eigenvalue weighted by Gasteiger charge is -2.22. The van der Waals surface area contributed by atoms with Crippen LogP contribution >= 0.6 is 0 Å². The number of hydrazine groups is 1. The van der Waals surface area contributed by atoms with Crippen LogP contribution in [0.1, 0.15) is 23.2 Å². The first-order valence-electron chi connectivity index (χ1n) is 6.90. The topological polar surface area (TPSA) is 67.1 Å². The quantitative estimate of drug-likeness (QED) is 0.645. The number of hydrogen-bond donors (Lipinski definition) is 2. The molecule has 1 aliphatic rings. The molecule has 0 amide bonds. The summed E-state index contributed by atoms with van der Waals surface area (Å²) in [4.78, 5) is 11.0. The Balaban J connectivity index is 1.93. The summed E-state index contributed by atoms with van der Waals surface area (Å²) < 4.78 is 0. The highest BCUT2D eigenvalue weighted by molar-refractivity contribution is 5.46. The Bertz CT molecular complexity index is 611. The highest BCUT2D eigenvalue weighted by atomic mass is 15.3. The van der Waals surface area contributed by atoms with E-state index in [0.29, 0.717) is 5.95 Å². The zero-order valence-corrected chi connectivity index (χ0v) is 11.6. The number of nitrogens with one attached hydrogen (secondary N) is 1. The summed E-state index contributed by atoms with van der Waals surface area (Å²) in [6, 6.07) is 10.6. The van der Waals surface area contributed by atoms with Gasteiger partial charge in [0.15, 0.2) is 0 Å². The van der Waals surface area contributed by atoms with Gasteiger partial charge in [-0.2, -0.15) is 4.98 Å². The lowest BCUT2D eigenvalue weighted by molar-refractivity contribution is 0.752. The van der Waals surface area contributed by atoms with Gasteiger partial charge in [-0.05, 0) is 30.9 Å². The third kappa shape index (κ3) is 2.58. The summed E-state index contributed by atoms with van der Waals surface area (Å²) in [5, 5.41) is 0. The van der Waals surface area contributed by atoms with Crippen LogP contribution in [0.4, 0.5) is 11.8 Å². The molecule has 0 bridgehead atoms. The Kier molecular flexibility index (Phi) is 3.52. The lowest BCUT2D eigenvalue weighted by Crippen LogP contribution is -2.24. The van der Waals surface area contributed by atoms with Crippen LogP contribution in [0.3, 0.4) is 0 Å². The van der Waals surface area contributed by atoms with Crippen molar-refractivity contribution in [2.45, 2.75) is 26.3 Å². The van der Waals surface area contributed by atoms with E-state index >= 15 is 0 Å². The first-order valence-corrected chi connectivity index (χ1v) is 6.90. The first kappa shape index (κ1) is 12.9. The number of nitrogen functional groups attached to an aromatic ring is 1. The molecule has 1 aromatic carbocycles. The average Bonchev–Trinajstić information content (AvgIpc) is 2.68. The fourth-order valence-electron chi connectivity index (χ4n) is 2.67. The maximum atomic E-state index is 5.43. The van der Waals surface area contributed by atoms with E-state index in [9.17, 15) is 0 Å². The average molecular weight is 269 g/mol. The molecule has 0 spiro atoms. The SMILES string of the molecule is Cc1cc(N2CCCc3ccccc3C2)nc(NN)n1. The lowest BCUT2D eigenvalue weighted by atomic mass is 10.0. The molecule has 20 heavy (non-hydrogen) atoms. The Morgan fingerprint density at radius 2 is 2.00 bits per heavy atom. The number of nitrogens with two attached hydrogens (primary N) is 1. The molecular formula is C15H19N5. The fraction of sp³-hybridized carbons (Fsp3) is 0.333.